The maximum Gasteiger partial charge on any atom is 0.149 e. The number of aromatic hydroxyl groups is 1. The zero-order valence-corrected chi connectivity index (χ0v) is 40.5. The van der Waals surface area contributed by atoms with Crippen LogP contribution in [0.4, 0.5) is 0 Å². The van der Waals surface area contributed by atoms with Gasteiger partial charge in [0.05, 0.1) is 28.0 Å². The molecule has 7 aromatic carbocycles. The predicted octanol–water partition coefficient (Wildman–Crippen LogP) is 17.3. The molecule has 0 unspecified atom stereocenters. The fourth-order valence-corrected chi connectivity index (χ4v) is 9.15. The predicted molar refractivity (Wildman–Crippen MR) is 283 cm³/mol. The summed E-state index contributed by atoms with van der Waals surface area (Å²) < 4.78 is 28.7. The molecule has 2 heterocycles. The molecule has 0 spiro atoms. The molecule has 0 atom stereocenters. The SMILES string of the molecule is [2H]C([2H])([2H])c1cc(-c2ccccc2)c(-n2c(-c3cc(C(C)C)cc(C(C)C)c3O)nc3c(-c4cc(-c5cc(-c6ccc(C(C)(C)C)cc6)ccn5)cc(C(C)(C)C)c4)cccc32)cc1-c1ccccc1. The van der Waals surface area contributed by atoms with E-state index in [0.717, 1.165) is 83.6 Å². The lowest BCUT2D eigenvalue weighted by Gasteiger charge is -2.22. The maximum atomic E-state index is 12.5. The van der Waals surface area contributed by atoms with Crippen molar-refractivity contribution in [2.75, 3.05) is 0 Å². The smallest absolute Gasteiger partial charge is 0.149 e. The first-order chi connectivity index (χ1) is 33.2. The lowest BCUT2D eigenvalue weighted by atomic mass is 9.83. The molecule has 2 aromatic heterocycles. The monoisotopic (exact) mass is 881 g/mol. The number of rotatable bonds is 9. The van der Waals surface area contributed by atoms with E-state index in [-0.39, 0.29) is 34.0 Å². The van der Waals surface area contributed by atoms with Gasteiger partial charge in [-0.2, -0.15) is 0 Å². The fourth-order valence-electron chi connectivity index (χ4n) is 9.15. The Hall–Kier alpha value is -7.04. The molecule has 0 aliphatic carbocycles. The molecule has 0 saturated carbocycles. The molecule has 0 radical (unpaired) electrons. The van der Waals surface area contributed by atoms with Gasteiger partial charge >= 0.3 is 0 Å². The Labute approximate surface area is 402 Å². The Morgan fingerprint density at radius 2 is 1.18 bits per heavy atom. The maximum absolute atomic E-state index is 12.5. The lowest BCUT2D eigenvalue weighted by Crippen LogP contribution is -2.11. The molecule has 0 saturated heterocycles. The molecule has 1 N–H and O–H groups in total. The average Bonchev–Trinajstić information content (AvgIpc) is 3.72. The molecular weight excluding hydrogens is 815 g/mol. The highest BCUT2D eigenvalue weighted by Crippen LogP contribution is 2.45. The van der Waals surface area contributed by atoms with Crippen LogP contribution in [0.25, 0.3) is 83.9 Å². The van der Waals surface area contributed by atoms with Gasteiger partial charge in [-0.15, -0.1) is 0 Å². The van der Waals surface area contributed by atoms with Crippen LogP contribution in [-0.2, 0) is 10.8 Å². The molecular formula is C63H63N3O. The van der Waals surface area contributed by atoms with Crippen LogP contribution in [-0.4, -0.2) is 19.6 Å². The summed E-state index contributed by atoms with van der Waals surface area (Å²) in [4.78, 5) is 10.6. The highest BCUT2D eigenvalue weighted by Gasteiger charge is 2.27. The third kappa shape index (κ3) is 8.86. The first-order valence-corrected chi connectivity index (χ1v) is 23.6. The van der Waals surface area contributed by atoms with Gasteiger partial charge in [-0.3, -0.25) is 9.55 Å². The summed E-state index contributed by atoms with van der Waals surface area (Å²) in [5.41, 5.74) is 16.4. The summed E-state index contributed by atoms with van der Waals surface area (Å²) in [5.74, 6) is 0.933. The average molecular weight is 881 g/mol. The second kappa shape index (κ2) is 17.6. The molecule has 4 nitrogen and oxygen atoms in total. The summed E-state index contributed by atoms with van der Waals surface area (Å²) in [6.07, 6.45) is 1.90. The van der Waals surface area contributed by atoms with Crippen molar-refractivity contribution in [3.63, 3.8) is 0 Å². The van der Waals surface area contributed by atoms with Crippen molar-refractivity contribution >= 4 is 11.0 Å². The second-order valence-electron chi connectivity index (χ2n) is 20.7. The van der Waals surface area contributed by atoms with Gasteiger partial charge in [0.25, 0.3) is 0 Å². The van der Waals surface area contributed by atoms with E-state index in [1.165, 1.54) is 5.56 Å². The first kappa shape index (κ1) is 41.4. The van der Waals surface area contributed by atoms with Crippen LogP contribution >= 0.6 is 0 Å². The van der Waals surface area contributed by atoms with Gasteiger partial charge in [0.2, 0.25) is 0 Å². The third-order valence-corrected chi connectivity index (χ3v) is 13.2. The van der Waals surface area contributed by atoms with Gasteiger partial charge in [0.15, 0.2) is 0 Å². The second-order valence-corrected chi connectivity index (χ2v) is 20.7. The summed E-state index contributed by atoms with van der Waals surface area (Å²) in [7, 11) is 0. The van der Waals surface area contributed by atoms with E-state index in [1.807, 2.05) is 79.0 Å². The Morgan fingerprint density at radius 3 is 1.81 bits per heavy atom. The Morgan fingerprint density at radius 1 is 0.522 bits per heavy atom. The van der Waals surface area contributed by atoms with Crippen molar-refractivity contribution in [2.45, 2.75) is 98.8 Å². The fraction of sp³-hybridized carbons (Fsp3) is 0.238. The van der Waals surface area contributed by atoms with E-state index in [0.29, 0.717) is 17.0 Å². The van der Waals surface area contributed by atoms with Crippen molar-refractivity contribution in [3.8, 4) is 78.6 Å². The Kier molecular flexibility index (Phi) is 10.9. The van der Waals surface area contributed by atoms with Gasteiger partial charge in [-0.25, -0.2) is 4.98 Å². The minimum atomic E-state index is -2.42. The number of fused-ring (bicyclic) bond motifs is 1. The number of pyridine rings is 1. The molecule has 0 bridgehead atoms. The van der Waals surface area contributed by atoms with Gasteiger partial charge < -0.3 is 5.11 Å². The summed E-state index contributed by atoms with van der Waals surface area (Å²) in [6.45, 7) is 19.5. The molecule has 336 valence electrons. The number of phenols is 1. The zero-order chi connectivity index (χ0) is 49.9. The standard InChI is InChI=1S/C63H63N3O/c1-39(2)46-35-52(40(3)4)60(67)55(36-46)61-65-59-51(23-18-24-57(59)66(61)58-38-53(43-19-14-12-15-20-43)41(5)31-54(58)44-21-16-13-17-22-44)47-32-48(34-50(33-47)63(9,10)11)56-37-45(29-30-64-56)42-25-27-49(28-26-42)62(6,7)8/h12-40,67H,1-11H3/i5D3. The van der Waals surface area contributed by atoms with E-state index in [1.54, 1.807) is 0 Å². The minimum absolute atomic E-state index is 0.0301. The number of hydrogen-bond donors (Lipinski definition) is 1. The van der Waals surface area contributed by atoms with Gasteiger partial charge in [0, 0.05) is 27.0 Å². The number of hydrogen-bond acceptors (Lipinski definition) is 3. The van der Waals surface area contributed by atoms with Crippen molar-refractivity contribution in [1.29, 1.82) is 0 Å². The van der Waals surface area contributed by atoms with E-state index in [4.69, 9.17) is 14.1 Å². The van der Waals surface area contributed by atoms with Crippen LogP contribution in [0.2, 0.25) is 0 Å². The summed E-state index contributed by atoms with van der Waals surface area (Å²) >= 11 is 0. The van der Waals surface area contributed by atoms with Crippen LogP contribution in [0.3, 0.4) is 0 Å². The zero-order valence-electron chi connectivity index (χ0n) is 43.5. The molecule has 0 aliphatic heterocycles. The number of aryl methyl sites for hydroxylation is 1. The topological polar surface area (TPSA) is 50.9 Å². The Balaban J connectivity index is 1.36. The molecule has 9 rings (SSSR count). The first-order valence-electron chi connectivity index (χ1n) is 25.1. The molecule has 67 heavy (non-hydrogen) atoms. The van der Waals surface area contributed by atoms with E-state index in [9.17, 15) is 5.11 Å². The van der Waals surface area contributed by atoms with Gasteiger partial charge in [0.1, 0.15) is 11.6 Å². The number of imidazole rings is 1. The van der Waals surface area contributed by atoms with E-state index >= 15 is 0 Å². The third-order valence-electron chi connectivity index (χ3n) is 13.2. The largest absolute Gasteiger partial charge is 0.507 e. The molecule has 0 fully saturated rings. The highest BCUT2D eigenvalue weighted by molar-refractivity contribution is 5.98. The van der Waals surface area contributed by atoms with Gasteiger partial charge in [-0.1, -0.05) is 178 Å². The lowest BCUT2D eigenvalue weighted by molar-refractivity contribution is 0.466. The molecule has 9 aromatic rings. The highest BCUT2D eigenvalue weighted by atomic mass is 16.3. The molecule has 0 amide bonds. The van der Waals surface area contributed by atoms with Crippen molar-refractivity contribution in [1.82, 2.24) is 14.5 Å². The number of para-hydroxylation sites is 1. The van der Waals surface area contributed by atoms with Crippen LogP contribution in [0.15, 0.2) is 164 Å². The number of phenolic OH excluding ortho intramolecular Hbond substituents is 1. The van der Waals surface area contributed by atoms with Crippen LogP contribution in [0.5, 0.6) is 5.75 Å². The molecule has 4 heteroatoms. The Bertz CT molecular complexity index is 3370. The molecule has 0 aliphatic rings. The van der Waals surface area contributed by atoms with Crippen LogP contribution < -0.4 is 0 Å². The van der Waals surface area contributed by atoms with E-state index < -0.39 is 6.85 Å². The quantitative estimate of drug-likeness (QED) is 0.157. The van der Waals surface area contributed by atoms with E-state index in [2.05, 4.69) is 159 Å². The van der Waals surface area contributed by atoms with Crippen molar-refractivity contribution in [2.24, 2.45) is 0 Å². The summed E-state index contributed by atoms with van der Waals surface area (Å²) in [5, 5.41) is 12.5. The number of benzene rings is 7. The van der Waals surface area contributed by atoms with Crippen molar-refractivity contribution in [3.05, 3.63) is 192 Å². The van der Waals surface area contributed by atoms with Gasteiger partial charge in [-0.05, 0) is 139 Å². The van der Waals surface area contributed by atoms with Crippen LogP contribution in [0, 0.1) is 6.85 Å². The normalized spacial score (nSPS) is 13.0. The summed E-state index contributed by atoms with van der Waals surface area (Å²) in [6, 6.07) is 53.9. The van der Waals surface area contributed by atoms with Crippen LogP contribution in [0.1, 0.15) is 113 Å². The van der Waals surface area contributed by atoms with Crippen molar-refractivity contribution < 1.29 is 9.22 Å². The minimum Gasteiger partial charge on any atom is -0.507 e. The number of aromatic nitrogens is 3. The number of nitrogens with zero attached hydrogens (tertiary/aromatic N) is 3.